The van der Waals surface area contributed by atoms with Crippen LogP contribution >= 0.6 is 0 Å². The van der Waals surface area contributed by atoms with Gasteiger partial charge in [-0.3, -0.25) is 9.78 Å². The van der Waals surface area contributed by atoms with E-state index < -0.39 is 17.5 Å². The maximum absolute atomic E-state index is 13.6. The third-order valence-electron chi connectivity index (χ3n) is 2.69. The van der Waals surface area contributed by atoms with E-state index in [1.54, 1.807) is 12.3 Å². The van der Waals surface area contributed by atoms with Gasteiger partial charge in [-0.1, -0.05) is 0 Å². The van der Waals surface area contributed by atoms with Crippen LogP contribution in [0.5, 0.6) is 0 Å². The van der Waals surface area contributed by atoms with E-state index in [4.69, 9.17) is 0 Å². The van der Waals surface area contributed by atoms with Gasteiger partial charge in [-0.25, -0.2) is 8.78 Å². The van der Waals surface area contributed by atoms with Gasteiger partial charge in [0.2, 0.25) is 0 Å². The van der Waals surface area contributed by atoms with E-state index in [-0.39, 0.29) is 11.3 Å². The fraction of sp³-hybridized carbons (Fsp3) is 0.143. The van der Waals surface area contributed by atoms with Crippen LogP contribution in [0.25, 0.3) is 0 Å². The van der Waals surface area contributed by atoms with Crippen molar-refractivity contribution >= 4 is 17.3 Å². The van der Waals surface area contributed by atoms with Crippen molar-refractivity contribution in [2.24, 2.45) is 0 Å². The van der Waals surface area contributed by atoms with E-state index in [1.165, 1.54) is 13.2 Å². The summed E-state index contributed by atoms with van der Waals surface area (Å²) in [4.78, 5) is 15.9. The molecular weight excluding hydrogens is 264 g/mol. The monoisotopic (exact) mass is 277 g/mol. The third kappa shape index (κ3) is 2.90. The predicted octanol–water partition coefficient (Wildman–Crippen LogP) is 2.96. The van der Waals surface area contributed by atoms with Crippen molar-refractivity contribution in [2.75, 3.05) is 17.7 Å². The number of hydrogen-bond acceptors (Lipinski definition) is 3. The Hall–Kier alpha value is -2.50. The molecule has 1 amide bonds. The summed E-state index contributed by atoms with van der Waals surface area (Å²) in [5.41, 5.74) is 0.971. The number of halogens is 2. The molecule has 0 aliphatic rings. The summed E-state index contributed by atoms with van der Waals surface area (Å²) < 4.78 is 27.2. The molecule has 0 spiro atoms. The van der Waals surface area contributed by atoms with Gasteiger partial charge in [-0.15, -0.1) is 0 Å². The predicted molar refractivity (Wildman–Crippen MR) is 72.8 cm³/mol. The summed E-state index contributed by atoms with van der Waals surface area (Å²) in [6, 6.07) is 3.67. The number of anilines is 2. The SMILES string of the molecule is CNc1c(F)cc(C(=O)Nc2cncc(C)c2)cc1F. The second kappa shape index (κ2) is 5.64. The van der Waals surface area contributed by atoms with Crippen LogP contribution in [0.15, 0.2) is 30.6 Å². The minimum Gasteiger partial charge on any atom is -0.383 e. The number of carbonyl (C=O) groups is 1. The van der Waals surface area contributed by atoms with Crippen LogP contribution in [0, 0.1) is 18.6 Å². The van der Waals surface area contributed by atoms with E-state index in [9.17, 15) is 13.6 Å². The third-order valence-corrected chi connectivity index (χ3v) is 2.69. The van der Waals surface area contributed by atoms with Crippen molar-refractivity contribution in [3.05, 3.63) is 53.4 Å². The van der Waals surface area contributed by atoms with Crippen LogP contribution in [0.3, 0.4) is 0 Å². The number of benzene rings is 1. The highest BCUT2D eigenvalue weighted by molar-refractivity contribution is 6.04. The Kier molecular flexibility index (Phi) is 3.93. The molecule has 1 heterocycles. The number of nitrogens with zero attached hydrogens (tertiary/aromatic N) is 1. The minimum absolute atomic E-state index is 0.0968. The van der Waals surface area contributed by atoms with Gasteiger partial charge in [0.15, 0.2) is 0 Å². The molecular formula is C14H13F2N3O. The zero-order valence-electron chi connectivity index (χ0n) is 11.0. The number of pyridine rings is 1. The average Bonchev–Trinajstić information content (AvgIpc) is 2.38. The molecule has 0 aliphatic carbocycles. The highest BCUT2D eigenvalue weighted by Gasteiger charge is 2.14. The number of amides is 1. The average molecular weight is 277 g/mol. The highest BCUT2D eigenvalue weighted by atomic mass is 19.1. The van der Waals surface area contributed by atoms with Crippen molar-refractivity contribution in [2.45, 2.75) is 6.92 Å². The fourth-order valence-corrected chi connectivity index (χ4v) is 1.77. The Bertz CT molecular complexity index is 636. The van der Waals surface area contributed by atoms with Crippen LogP contribution < -0.4 is 10.6 Å². The first-order chi connectivity index (χ1) is 9.51. The van der Waals surface area contributed by atoms with E-state index in [2.05, 4.69) is 15.6 Å². The first-order valence-corrected chi connectivity index (χ1v) is 5.91. The number of carbonyl (C=O) groups excluding carboxylic acids is 1. The lowest BCUT2D eigenvalue weighted by atomic mass is 10.1. The Morgan fingerprint density at radius 2 is 1.80 bits per heavy atom. The second-order valence-corrected chi connectivity index (χ2v) is 4.27. The zero-order chi connectivity index (χ0) is 14.7. The van der Waals surface area contributed by atoms with Crippen LogP contribution in [0.1, 0.15) is 15.9 Å². The molecule has 2 N–H and O–H groups in total. The Balaban J connectivity index is 2.26. The van der Waals surface area contributed by atoms with Gasteiger partial charge < -0.3 is 10.6 Å². The standard InChI is InChI=1S/C14H13F2N3O/c1-8-3-10(7-18-6-8)19-14(20)9-4-11(15)13(17-2)12(16)5-9/h3-7,17H,1-2H3,(H,19,20). The molecule has 0 saturated carbocycles. The highest BCUT2D eigenvalue weighted by Crippen LogP contribution is 2.21. The number of rotatable bonds is 3. The van der Waals surface area contributed by atoms with Crippen molar-refractivity contribution in [3.8, 4) is 0 Å². The molecule has 0 unspecified atom stereocenters. The summed E-state index contributed by atoms with van der Waals surface area (Å²) in [7, 11) is 1.40. The molecule has 0 aliphatic heterocycles. The summed E-state index contributed by atoms with van der Waals surface area (Å²) in [6.07, 6.45) is 3.09. The minimum atomic E-state index is -0.819. The molecule has 104 valence electrons. The number of aromatic nitrogens is 1. The number of aryl methyl sites for hydroxylation is 1. The zero-order valence-corrected chi connectivity index (χ0v) is 11.0. The first kappa shape index (κ1) is 13.9. The summed E-state index contributed by atoms with van der Waals surface area (Å²) in [5.74, 6) is -2.24. The van der Waals surface area contributed by atoms with Crippen molar-refractivity contribution in [3.63, 3.8) is 0 Å². The topological polar surface area (TPSA) is 54.0 Å². The smallest absolute Gasteiger partial charge is 0.255 e. The lowest BCUT2D eigenvalue weighted by Gasteiger charge is -2.08. The maximum atomic E-state index is 13.6. The van der Waals surface area contributed by atoms with E-state index in [1.807, 2.05) is 6.92 Å². The van der Waals surface area contributed by atoms with E-state index >= 15 is 0 Å². The quantitative estimate of drug-likeness (QED) is 0.907. The summed E-state index contributed by atoms with van der Waals surface area (Å²) in [6.45, 7) is 1.82. The Morgan fingerprint density at radius 1 is 1.15 bits per heavy atom. The van der Waals surface area contributed by atoms with Gasteiger partial charge in [0.05, 0.1) is 11.9 Å². The van der Waals surface area contributed by atoms with Gasteiger partial charge in [0.1, 0.15) is 17.3 Å². The molecule has 6 heteroatoms. The number of nitrogens with one attached hydrogen (secondary N) is 2. The van der Waals surface area contributed by atoms with Crippen molar-refractivity contribution in [1.82, 2.24) is 4.98 Å². The molecule has 20 heavy (non-hydrogen) atoms. The molecule has 0 atom stereocenters. The number of hydrogen-bond donors (Lipinski definition) is 2. The van der Waals surface area contributed by atoms with E-state index in [0.29, 0.717) is 5.69 Å². The Morgan fingerprint density at radius 3 is 2.35 bits per heavy atom. The maximum Gasteiger partial charge on any atom is 0.255 e. The first-order valence-electron chi connectivity index (χ1n) is 5.91. The lowest BCUT2D eigenvalue weighted by Crippen LogP contribution is -2.13. The van der Waals surface area contributed by atoms with Crippen LogP contribution in [0.4, 0.5) is 20.2 Å². The molecule has 1 aromatic heterocycles. The van der Waals surface area contributed by atoms with Gasteiger partial charge in [-0.05, 0) is 30.7 Å². The molecule has 4 nitrogen and oxygen atoms in total. The molecule has 2 aromatic rings. The molecule has 0 radical (unpaired) electrons. The largest absolute Gasteiger partial charge is 0.383 e. The summed E-state index contributed by atoms with van der Waals surface area (Å²) in [5, 5.41) is 4.93. The fourth-order valence-electron chi connectivity index (χ4n) is 1.77. The normalized spacial score (nSPS) is 10.2. The van der Waals surface area contributed by atoms with Gasteiger partial charge >= 0.3 is 0 Å². The molecule has 0 saturated heterocycles. The summed E-state index contributed by atoms with van der Waals surface area (Å²) >= 11 is 0. The van der Waals surface area contributed by atoms with Gasteiger partial charge in [-0.2, -0.15) is 0 Å². The van der Waals surface area contributed by atoms with Crippen LogP contribution in [-0.4, -0.2) is 17.9 Å². The molecule has 0 bridgehead atoms. The van der Waals surface area contributed by atoms with Crippen molar-refractivity contribution < 1.29 is 13.6 Å². The van der Waals surface area contributed by atoms with Gasteiger partial charge in [0, 0.05) is 18.8 Å². The molecule has 0 fully saturated rings. The van der Waals surface area contributed by atoms with E-state index in [0.717, 1.165) is 17.7 Å². The molecule has 1 aromatic carbocycles. The van der Waals surface area contributed by atoms with Crippen molar-refractivity contribution in [1.29, 1.82) is 0 Å². The van der Waals surface area contributed by atoms with Crippen LogP contribution in [0.2, 0.25) is 0 Å². The van der Waals surface area contributed by atoms with Gasteiger partial charge in [0.25, 0.3) is 5.91 Å². The second-order valence-electron chi connectivity index (χ2n) is 4.27. The lowest BCUT2D eigenvalue weighted by molar-refractivity contribution is 0.102. The molecule has 2 rings (SSSR count). The Labute approximate surface area is 114 Å². The van der Waals surface area contributed by atoms with Crippen LogP contribution in [-0.2, 0) is 0 Å².